The number of benzene rings is 1. The van der Waals surface area contributed by atoms with Crippen LogP contribution in [0, 0.1) is 0 Å². The summed E-state index contributed by atoms with van der Waals surface area (Å²) in [4.78, 5) is 15.9. The van der Waals surface area contributed by atoms with Crippen LogP contribution >= 0.6 is 0 Å². The molecule has 1 N–H and O–H groups in total. The summed E-state index contributed by atoms with van der Waals surface area (Å²) in [5.74, 6) is 0.429. The Morgan fingerprint density at radius 1 is 1.17 bits per heavy atom. The summed E-state index contributed by atoms with van der Waals surface area (Å²) in [6.45, 7) is 0. The lowest BCUT2D eigenvalue weighted by molar-refractivity contribution is 0.0950. The average Bonchev–Trinajstić information content (AvgIpc) is 3.20. The van der Waals surface area contributed by atoms with Crippen LogP contribution < -0.4 is 5.32 Å². The first-order chi connectivity index (χ1) is 8.84. The van der Waals surface area contributed by atoms with Crippen LogP contribution in [0.2, 0.25) is 0 Å². The van der Waals surface area contributed by atoms with E-state index >= 15 is 0 Å². The van der Waals surface area contributed by atoms with Crippen molar-refractivity contribution in [3.63, 3.8) is 0 Å². The largest absolute Gasteiger partial charge is 0.349 e. The van der Waals surface area contributed by atoms with E-state index in [1.165, 1.54) is 5.56 Å². The molecule has 90 valence electrons. The molecule has 0 spiro atoms. The fraction of sp³-hybridized carbons (Fsp3) is 0.200. The quantitative estimate of drug-likeness (QED) is 0.892. The zero-order chi connectivity index (χ0) is 12.4. The van der Waals surface area contributed by atoms with Gasteiger partial charge < -0.3 is 5.32 Å². The third-order valence-corrected chi connectivity index (χ3v) is 3.26. The van der Waals surface area contributed by atoms with Gasteiger partial charge >= 0.3 is 0 Å². The molecule has 2 aromatic rings. The van der Waals surface area contributed by atoms with Gasteiger partial charge in [-0.25, -0.2) is 0 Å². The van der Waals surface area contributed by atoms with Crippen LogP contribution in [0.5, 0.6) is 0 Å². The van der Waals surface area contributed by atoms with E-state index in [0.29, 0.717) is 11.5 Å². The number of aromatic nitrogens is 1. The van der Waals surface area contributed by atoms with E-state index in [1.54, 1.807) is 24.5 Å². The Morgan fingerprint density at radius 3 is 2.72 bits per heavy atom. The molecule has 2 atom stereocenters. The van der Waals surface area contributed by atoms with Crippen molar-refractivity contribution >= 4 is 5.91 Å². The van der Waals surface area contributed by atoms with E-state index in [0.717, 1.165) is 6.42 Å². The molecular formula is C15H14N2O. The van der Waals surface area contributed by atoms with Gasteiger partial charge in [-0.3, -0.25) is 9.78 Å². The van der Waals surface area contributed by atoms with Gasteiger partial charge in [-0.2, -0.15) is 0 Å². The van der Waals surface area contributed by atoms with Crippen LogP contribution in [-0.4, -0.2) is 16.9 Å². The van der Waals surface area contributed by atoms with Gasteiger partial charge in [0.1, 0.15) is 0 Å². The molecule has 1 fully saturated rings. The minimum atomic E-state index is -0.0356. The SMILES string of the molecule is O=C(NC1CC1c1ccccc1)c1cccnc1. The molecule has 3 heteroatoms. The first kappa shape index (κ1) is 11.0. The number of pyridine rings is 1. The minimum Gasteiger partial charge on any atom is -0.349 e. The molecule has 0 radical (unpaired) electrons. The van der Waals surface area contributed by atoms with Gasteiger partial charge in [0.15, 0.2) is 0 Å². The molecule has 0 bridgehead atoms. The van der Waals surface area contributed by atoms with Crippen molar-refractivity contribution in [3.8, 4) is 0 Å². The molecule has 2 unspecified atom stereocenters. The number of carbonyl (C=O) groups excluding carboxylic acids is 1. The number of nitrogens with zero attached hydrogens (tertiary/aromatic N) is 1. The predicted octanol–water partition coefficient (Wildman–Crippen LogP) is 2.37. The van der Waals surface area contributed by atoms with Crippen molar-refractivity contribution in [2.75, 3.05) is 0 Å². The van der Waals surface area contributed by atoms with E-state index in [-0.39, 0.29) is 11.9 Å². The van der Waals surface area contributed by atoms with Crippen LogP contribution in [0.4, 0.5) is 0 Å². The van der Waals surface area contributed by atoms with Crippen LogP contribution in [-0.2, 0) is 0 Å². The maximum Gasteiger partial charge on any atom is 0.253 e. The molecule has 1 heterocycles. The van der Waals surface area contributed by atoms with Crippen molar-refractivity contribution in [1.82, 2.24) is 10.3 Å². The number of amides is 1. The molecule has 1 aromatic carbocycles. The Kier molecular flexibility index (Phi) is 2.81. The fourth-order valence-electron chi connectivity index (χ4n) is 2.17. The van der Waals surface area contributed by atoms with Gasteiger partial charge in [0.2, 0.25) is 0 Å². The third-order valence-electron chi connectivity index (χ3n) is 3.26. The van der Waals surface area contributed by atoms with Crippen molar-refractivity contribution < 1.29 is 4.79 Å². The molecule has 1 amide bonds. The molecule has 0 saturated heterocycles. The van der Waals surface area contributed by atoms with Gasteiger partial charge in [-0.05, 0) is 24.1 Å². The summed E-state index contributed by atoms with van der Waals surface area (Å²) in [7, 11) is 0. The van der Waals surface area contributed by atoms with E-state index in [2.05, 4.69) is 22.4 Å². The molecule has 1 aromatic heterocycles. The maximum atomic E-state index is 11.9. The second-order valence-corrected chi connectivity index (χ2v) is 4.57. The lowest BCUT2D eigenvalue weighted by Gasteiger charge is -2.04. The topological polar surface area (TPSA) is 42.0 Å². The second-order valence-electron chi connectivity index (χ2n) is 4.57. The van der Waals surface area contributed by atoms with E-state index in [4.69, 9.17) is 0 Å². The van der Waals surface area contributed by atoms with Gasteiger partial charge in [0, 0.05) is 24.4 Å². The van der Waals surface area contributed by atoms with Crippen LogP contribution in [0.15, 0.2) is 54.9 Å². The molecule has 18 heavy (non-hydrogen) atoms. The smallest absolute Gasteiger partial charge is 0.253 e. The molecule has 3 nitrogen and oxygen atoms in total. The van der Waals surface area contributed by atoms with Crippen LogP contribution in [0.3, 0.4) is 0 Å². The number of nitrogens with one attached hydrogen (secondary N) is 1. The van der Waals surface area contributed by atoms with Gasteiger partial charge in [-0.15, -0.1) is 0 Å². The zero-order valence-corrected chi connectivity index (χ0v) is 9.91. The highest BCUT2D eigenvalue weighted by atomic mass is 16.1. The highest BCUT2D eigenvalue weighted by molar-refractivity contribution is 5.94. The summed E-state index contributed by atoms with van der Waals surface area (Å²) in [5, 5.41) is 3.04. The van der Waals surface area contributed by atoms with Gasteiger partial charge in [-0.1, -0.05) is 30.3 Å². The Hall–Kier alpha value is -2.16. The monoisotopic (exact) mass is 238 g/mol. The van der Waals surface area contributed by atoms with Crippen LogP contribution in [0.25, 0.3) is 0 Å². The van der Waals surface area contributed by atoms with E-state index in [9.17, 15) is 4.79 Å². The highest BCUT2D eigenvalue weighted by Gasteiger charge is 2.39. The maximum absolute atomic E-state index is 11.9. The van der Waals surface area contributed by atoms with Gasteiger partial charge in [0.05, 0.1) is 5.56 Å². The average molecular weight is 238 g/mol. The summed E-state index contributed by atoms with van der Waals surface area (Å²) in [5.41, 5.74) is 1.92. The van der Waals surface area contributed by atoms with Crippen molar-refractivity contribution in [1.29, 1.82) is 0 Å². The zero-order valence-electron chi connectivity index (χ0n) is 9.91. The Morgan fingerprint density at radius 2 is 2.00 bits per heavy atom. The standard InChI is InChI=1S/C15H14N2O/c18-15(12-7-4-8-16-10-12)17-14-9-13(14)11-5-2-1-3-6-11/h1-8,10,13-14H,9H2,(H,17,18). The first-order valence-corrected chi connectivity index (χ1v) is 6.10. The first-order valence-electron chi connectivity index (χ1n) is 6.10. The molecule has 1 aliphatic carbocycles. The summed E-state index contributed by atoms with van der Waals surface area (Å²) >= 11 is 0. The number of rotatable bonds is 3. The molecular weight excluding hydrogens is 224 g/mol. The molecule has 1 saturated carbocycles. The Labute approximate surface area is 106 Å². The normalized spacial score (nSPS) is 21.3. The van der Waals surface area contributed by atoms with Crippen LogP contribution in [0.1, 0.15) is 28.3 Å². The van der Waals surface area contributed by atoms with E-state index < -0.39 is 0 Å². The summed E-state index contributed by atoms with van der Waals surface area (Å²) in [6, 6.07) is 14.1. The Balaban J connectivity index is 1.62. The van der Waals surface area contributed by atoms with Gasteiger partial charge in [0.25, 0.3) is 5.91 Å². The summed E-state index contributed by atoms with van der Waals surface area (Å²) < 4.78 is 0. The Bertz CT molecular complexity index is 539. The molecule has 0 aliphatic heterocycles. The number of carbonyl (C=O) groups is 1. The van der Waals surface area contributed by atoms with Crippen molar-refractivity contribution in [2.45, 2.75) is 18.4 Å². The van der Waals surface area contributed by atoms with Crippen molar-refractivity contribution in [2.24, 2.45) is 0 Å². The molecule has 3 rings (SSSR count). The highest BCUT2D eigenvalue weighted by Crippen LogP contribution is 2.40. The third kappa shape index (κ3) is 2.25. The number of hydrogen-bond donors (Lipinski definition) is 1. The second kappa shape index (κ2) is 4.61. The summed E-state index contributed by atoms with van der Waals surface area (Å²) in [6.07, 6.45) is 4.28. The lowest BCUT2D eigenvalue weighted by atomic mass is 10.1. The van der Waals surface area contributed by atoms with Crippen molar-refractivity contribution in [3.05, 3.63) is 66.0 Å². The van der Waals surface area contributed by atoms with E-state index in [1.807, 2.05) is 18.2 Å². The number of hydrogen-bond acceptors (Lipinski definition) is 2. The fourth-order valence-corrected chi connectivity index (χ4v) is 2.17. The minimum absolute atomic E-state index is 0.0356. The lowest BCUT2D eigenvalue weighted by Crippen LogP contribution is -2.26. The molecule has 1 aliphatic rings. The predicted molar refractivity (Wildman–Crippen MR) is 69.3 cm³/mol.